The van der Waals surface area contributed by atoms with Gasteiger partial charge in [0.25, 0.3) is 0 Å². The van der Waals surface area contributed by atoms with Crippen LogP contribution in [0.2, 0.25) is 0 Å². The molecule has 1 aliphatic rings. The van der Waals surface area contributed by atoms with Gasteiger partial charge in [0.05, 0.1) is 32.0 Å². The molecule has 154 valence electrons. The van der Waals surface area contributed by atoms with E-state index >= 15 is 0 Å². The van der Waals surface area contributed by atoms with Crippen LogP contribution in [0.25, 0.3) is 16.8 Å². The van der Waals surface area contributed by atoms with Gasteiger partial charge in [-0.1, -0.05) is 29.8 Å². The SMILES string of the molecule is COc1ccc(N2CC(O)=C(c3nc(-c4ccc(C)cc4)c(C)s3)C2=N)cc1OC. The quantitative estimate of drug-likeness (QED) is 0.591. The number of aliphatic hydroxyl groups excluding tert-OH is 1. The Labute approximate surface area is 179 Å². The topological polar surface area (TPSA) is 78.7 Å². The second-order valence-corrected chi connectivity index (χ2v) is 8.29. The van der Waals surface area contributed by atoms with E-state index < -0.39 is 0 Å². The van der Waals surface area contributed by atoms with Crippen LogP contribution in [0.1, 0.15) is 15.4 Å². The van der Waals surface area contributed by atoms with Crippen LogP contribution in [-0.2, 0) is 0 Å². The van der Waals surface area contributed by atoms with Crippen molar-refractivity contribution in [2.75, 3.05) is 25.7 Å². The summed E-state index contributed by atoms with van der Waals surface area (Å²) in [5.41, 5.74) is 4.31. The summed E-state index contributed by atoms with van der Waals surface area (Å²) in [6, 6.07) is 13.6. The summed E-state index contributed by atoms with van der Waals surface area (Å²) in [4.78, 5) is 7.55. The average molecular weight is 422 g/mol. The first-order chi connectivity index (χ1) is 14.4. The average Bonchev–Trinajstić information content (AvgIpc) is 3.26. The van der Waals surface area contributed by atoms with Crippen LogP contribution in [0.4, 0.5) is 5.69 Å². The lowest BCUT2D eigenvalue weighted by atomic mass is 10.1. The Bertz CT molecular complexity index is 1150. The van der Waals surface area contributed by atoms with Crippen molar-refractivity contribution in [2.24, 2.45) is 0 Å². The highest BCUT2D eigenvalue weighted by molar-refractivity contribution is 7.13. The first-order valence-corrected chi connectivity index (χ1v) is 10.3. The third kappa shape index (κ3) is 3.41. The molecule has 4 rings (SSSR count). The molecule has 1 aliphatic heterocycles. The van der Waals surface area contributed by atoms with Gasteiger partial charge in [-0.15, -0.1) is 11.3 Å². The van der Waals surface area contributed by atoms with E-state index in [0.29, 0.717) is 22.1 Å². The van der Waals surface area contributed by atoms with Crippen molar-refractivity contribution in [3.63, 3.8) is 0 Å². The third-order valence-corrected chi connectivity index (χ3v) is 6.11. The van der Waals surface area contributed by atoms with Gasteiger partial charge >= 0.3 is 0 Å². The van der Waals surface area contributed by atoms with E-state index in [1.807, 2.05) is 25.1 Å². The molecule has 1 aromatic heterocycles. The highest BCUT2D eigenvalue weighted by Crippen LogP contribution is 2.38. The van der Waals surface area contributed by atoms with E-state index in [9.17, 15) is 5.11 Å². The van der Waals surface area contributed by atoms with Gasteiger partial charge in [-0.3, -0.25) is 5.41 Å². The first kappa shape index (κ1) is 20.0. The number of amidine groups is 1. The highest BCUT2D eigenvalue weighted by Gasteiger charge is 2.32. The zero-order valence-electron chi connectivity index (χ0n) is 17.3. The molecule has 0 atom stereocenters. The Morgan fingerprint density at radius 3 is 2.40 bits per heavy atom. The number of anilines is 1. The van der Waals surface area contributed by atoms with Crippen LogP contribution in [0, 0.1) is 19.3 Å². The van der Waals surface area contributed by atoms with Gasteiger partial charge in [-0.2, -0.15) is 0 Å². The molecule has 7 heteroatoms. The number of ether oxygens (including phenoxy) is 2. The molecular weight excluding hydrogens is 398 g/mol. The number of nitrogens with zero attached hydrogens (tertiary/aromatic N) is 2. The molecule has 0 fully saturated rings. The lowest BCUT2D eigenvalue weighted by Gasteiger charge is -2.20. The van der Waals surface area contributed by atoms with Crippen molar-refractivity contribution < 1.29 is 14.6 Å². The molecule has 2 heterocycles. The highest BCUT2D eigenvalue weighted by atomic mass is 32.1. The normalized spacial score (nSPS) is 13.9. The number of benzene rings is 2. The Morgan fingerprint density at radius 2 is 1.73 bits per heavy atom. The van der Waals surface area contributed by atoms with Crippen molar-refractivity contribution in [1.29, 1.82) is 5.41 Å². The number of methoxy groups -OCH3 is 2. The number of nitrogens with one attached hydrogen (secondary N) is 1. The van der Waals surface area contributed by atoms with Gasteiger partial charge in [-0.25, -0.2) is 4.98 Å². The van der Waals surface area contributed by atoms with E-state index in [1.54, 1.807) is 31.3 Å². The van der Waals surface area contributed by atoms with Crippen molar-refractivity contribution in [3.05, 3.63) is 63.7 Å². The van der Waals surface area contributed by atoms with E-state index in [4.69, 9.17) is 19.9 Å². The van der Waals surface area contributed by atoms with Crippen LogP contribution in [0.5, 0.6) is 11.5 Å². The summed E-state index contributed by atoms with van der Waals surface area (Å²) >= 11 is 1.49. The molecular formula is C23H23N3O3S. The molecule has 0 saturated carbocycles. The number of aliphatic hydroxyl groups is 1. The molecule has 6 nitrogen and oxygen atoms in total. The largest absolute Gasteiger partial charge is 0.510 e. The minimum Gasteiger partial charge on any atom is -0.510 e. The summed E-state index contributed by atoms with van der Waals surface area (Å²) in [6.07, 6.45) is 0. The molecule has 30 heavy (non-hydrogen) atoms. The Balaban J connectivity index is 1.67. The van der Waals surface area contributed by atoms with E-state index in [0.717, 1.165) is 21.8 Å². The van der Waals surface area contributed by atoms with Crippen molar-refractivity contribution in [3.8, 4) is 22.8 Å². The summed E-state index contributed by atoms with van der Waals surface area (Å²) in [5.74, 6) is 1.54. The molecule has 0 unspecified atom stereocenters. The maximum absolute atomic E-state index is 10.7. The number of thiazole rings is 1. The van der Waals surface area contributed by atoms with Crippen LogP contribution < -0.4 is 14.4 Å². The van der Waals surface area contributed by atoms with Crippen molar-refractivity contribution in [1.82, 2.24) is 4.98 Å². The molecule has 0 radical (unpaired) electrons. The fourth-order valence-corrected chi connectivity index (χ4v) is 4.50. The maximum Gasteiger partial charge on any atom is 0.162 e. The summed E-state index contributed by atoms with van der Waals surface area (Å²) in [5, 5.41) is 20.0. The number of aryl methyl sites for hydroxylation is 2. The number of hydrogen-bond donors (Lipinski definition) is 2. The van der Waals surface area contributed by atoms with Crippen molar-refractivity contribution >= 4 is 28.4 Å². The van der Waals surface area contributed by atoms with Crippen molar-refractivity contribution in [2.45, 2.75) is 13.8 Å². The smallest absolute Gasteiger partial charge is 0.162 e. The Hall–Kier alpha value is -3.32. The van der Waals surface area contributed by atoms with Crippen LogP contribution in [-0.4, -0.2) is 36.7 Å². The summed E-state index contributed by atoms with van der Waals surface area (Å²) in [6.45, 7) is 4.27. The van der Waals surface area contributed by atoms with Crippen LogP contribution in [0.3, 0.4) is 0 Å². The molecule has 0 aliphatic carbocycles. The third-order valence-electron chi connectivity index (χ3n) is 5.12. The van der Waals surface area contributed by atoms with Gasteiger partial charge in [0, 0.05) is 22.2 Å². The van der Waals surface area contributed by atoms with Gasteiger partial charge in [0.2, 0.25) is 0 Å². The lowest BCUT2D eigenvalue weighted by molar-refractivity contribution is 0.355. The van der Waals surface area contributed by atoms with Crippen LogP contribution >= 0.6 is 11.3 Å². The van der Waals surface area contributed by atoms with Gasteiger partial charge < -0.3 is 19.5 Å². The first-order valence-electron chi connectivity index (χ1n) is 9.48. The minimum absolute atomic E-state index is 0.138. The molecule has 2 N–H and O–H groups in total. The fourth-order valence-electron chi connectivity index (χ4n) is 3.50. The molecule has 0 spiro atoms. The zero-order valence-corrected chi connectivity index (χ0v) is 18.1. The van der Waals surface area contributed by atoms with Crippen LogP contribution in [0.15, 0.2) is 48.2 Å². The molecule has 0 amide bonds. The van der Waals surface area contributed by atoms with E-state index in [2.05, 4.69) is 19.1 Å². The number of rotatable bonds is 5. The second kappa shape index (κ2) is 7.84. The summed E-state index contributed by atoms with van der Waals surface area (Å²) in [7, 11) is 3.15. The van der Waals surface area contributed by atoms with Gasteiger partial charge in [0.1, 0.15) is 16.6 Å². The van der Waals surface area contributed by atoms with E-state index in [1.165, 1.54) is 16.9 Å². The maximum atomic E-state index is 10.7. The predicted molar refractivity (Wildman–Crippen MR) is 121 cm³/mol. The Kier molecular flexibility index (Phi) is 5.22. The number of hydrogen-bond acceptors (Lipinski definition) is 6. The molecule has 3 aromatic rings. The van der Waals surface area contributed by atoms with Gasteiger partial charge in [-0.05, 0) is 26.0 Å². The predicted octanol–water partition coefficient (Wildman–Crippen LogP) is 5.21. The minimum atomic E-state index is 0.138. The molecule has 2 aromatic carbocycles. The zero-order chi connectivity index (χ0) is 21.4. The molecule has 0 bridgehead atoms. The fraction of sp³-hybridized carbons (Fsp3) is 0.217. The van der Waals surface area contributed by atoms with E-state index in [-0.39, 0.29) is 18.1 Å². The second-order valence-electron chi connectivity index (χ2n) is 7.09. The Morgan fingerprint density at radius 1 is 1.03 bits per heavy atom. The standard InChI is InChI=1S/C23H23N3O3S/c1-13-5-7-15(8-6-13)21-14(2)30-23(25-21)20-17(27)12-26(22(20)24)16-9-10-18(28-3)19(11-16)29-4/h5-11,24,27H,12H2,1-4H3. The lowest BCUT2D eigenvalue weighted by Crippen LogP contribution is -2.26. The molecule has 0 saturated heterocycles. The monoisotopic (exact) mass is 421 g/mol. The summed E-state index contributed by atoms with van der Waals surface area (Å²) < 4.78 is 10.7. The van der Waals surface area contributed by atoms with Gasteiger partial charge in [0.15, 0.2) is 11.5 Å². The number of aromatic nitrogens is 1.